The predicted octanol–water partition coefficient (Wildman–Crippen LogP) is 2.50. The Morgan fingerprint density at radius 2 is 1.64 bits per heavy atom. The SMILES string of the molecule is CCC(C)(C)c1cccc(S(=O)(=O)NS(=O)(=O)C(F)(F)F)c1. The lowest BCUT2D eigenvalue weighted by Crippen LogP contribution is -2.40. The topological polar surface area (TPSA) is 80.3 Å². The van der Waals surface area contributed by atoms with Crippen LogP contribution >= 0.6 is 0 Å². The zero-order valence-corrected chi connectivity index (χ0v) is 13.7. The third-order valence-corrected chi connectivity index (χ3v) is 6.57. The van der Waals surface area contributed by atoms with E-state index in [1.165, 1.54) is 6.07 Å². The Balaban J connectivity index is 3.29. The van der Waals surface area contributed by atoms with Crippen LogP contribution < -0.4 is 4.13 Å². The highest BCUT2D eigenvalue weighted by molar-refractivity contribution is 8.05. The van der Waals surface area contributed by atoms with Crippen molar-refractivity contribution in [1.29, 1.82) is 0 Å². The van der Waals surface area contributed by atoms with E-state index in [4.69, 9.17) is 0 Å². The fourth-order valence-corrected chi connectivity index (χ4v) is 3.99. The summed E-state index contributed by atoms with van der Waals surface area (Å²) in [7, 11) is -10.8. The first-order valence-corrected chi connectivity index (χ1v) is 9.15. The minimum absolute atomic E-state index is 0.408. The Hall–Kier alpha value is -1.13. The van der Waals surface area contributed by atoms with Crippen LogP contribution in [0.25, 0.3) is 0 Å². The van der Waals surface area contributed by atoms with Crippen LogP contribution in [0, 0.1) is 0 Å². The Morgan fingerprint density at radius 1 is 1.09 bits per heavy atom. The van der Waals surface area contributed by atoms with Gasteiger partial charge in [-0.1, -0.05) is 37.0 Å². The third-order valence-electron chi connectivity index (χ3n) is 3.33. The second-order valence-electron chi connectivity index (χ2n) is 5.30. The van der Waals surface area contributed by atoms with Crippen molar-refractivity contribution in [1.82, 2.24) is 4.13 Å². The lowest BCUT2D eigenvalue weighted by molar-refractivity contribution is -0.0441. The smallest absolute Gasteiger partial charge is 0.206 e. The largest absolute Gasteiger partial charge is 0.512 e. The molecular formula is C12H16F3NO4S2. The molecule has 1 aromatic rings. The summed E-state index contributed by atoms with van der Waals surface area (Å²) in [5.41, 5.74) is -5.54. The fraction of sp³-hybridized carbons (Fsp3) is 0.500. The van der Waals surface area contributed by atoms with E-state index in [0.29, 0.717) is 16.1 Å². The highest BCUT2D eigenvalue weighted by Crippen LogP contribution is 2.29. The molecule has 0 aromatic heterocycles. The molecule has 22 heavy (non-hydrogen) atoms. The molecule has 0 aliphatic rings. The molecule has 5 nitrogen and oxygen atoms in total. The quantitative estimate of drug-likeness (QED) is 0.876. The maximum absolute atomic E-state index is 12.3. The number of rotatable bonds is 5. The zero-order valence-electron chi connectivity index (χ0n) is 12.1. The van der Waals surface area contributed by atoms with E-state index in [0.717, 1.165) is 12.1 Å². The van der Waals surface area contributed by atoms with Crippen molar-refractivity contribution >= 4 is 20.0 Å². The first-order valence-electron chi connectivity index (χ1n) is 6.18. The fourth-order valence-electron chi connectivity index (χ4n) is 1.53. The van der Waals surface area contributed by atoms with Crippen LogP contribution in [-0.2, 0) is 25.5 Å². The molecule has 0 saturated heterocycles. The number of sulfonamides is 2. The Labute approximate surface area is 127 Å². The molecule has 10 heteroatoms. The van der Waals surface area contributed by atoms with Crippen molar-refractivity contribution in [2.24, 2.45) is 0 Å². The van der Waals surface area contributed by atoms with Gasteiger partial charge in [0, 0.05) is 0 Å². The second-order valence-corrected chi connectivity index (χ2v) is 8.92. The lowest BCUT2D eigenvalue weighted by Gasteiger charge is -2.23. The van der Waals surface area contributed by atoms with Gasteiger partial charge in [0.15, 0.2) is 0 Å². The Kier molecular flexibility index (Phi) is 5.00. The van der Waals surface area contributed by atoms with Gasteiger partial charge in [0.1, 0.15) is 0 Å². The average Bonchev–Trinajstić information content (AvgIpc) is 2.36. The van der Waals surface area contributed by atoms with Gasteiger partial charge in [0.25, 0.3) is 10.0 Å². The molecule has 0 fully saturated rings. The molecule has 0 unspecified atom stereocenters. The molecule has 0 atom stereocenters. The summed E-state index contributed by atoms with van der Waals surface area (Å²) in [5, 5.41) is 0. The summed E-state index contributed by atoms with van der Waals surface area (Å²) >= 11 is 0. The van der Waals surface area contributed by atoms with Crippen molar-refractivity contribution in [3.63, 3.8) is 0 Å². The average molecular weight is 359 g/mol. The molecule has 0 heterocycles. The van der Waals surface area contributed by atoms with Crippen molar-refractivity contribution in [2.75, 3.05) is 0 Å². The second kappa shape index (κ2) is 5.82. The molecule has 0 radical (unpaired) electrons. The molecule has 0 aliphatic carbocycles. The van der Waals surface area contributed by atoms with E-state index in [-0.39, 0.29) is 0 Å². The van der Waals surface area contributed by atoms with Gasteiger partial charge >= 0.3 is 15.5 Å². The van der Waals surface area contributed by atoms with Crippen LogP contribution in [0.3, 0.4) is 0 Å². The summed E-state index contributed by atoms with van der Waals surface area (Å²) in [5.74, 6) is 0. The molecule has 0 aliphatic heterocycles. The first-order chi connectivity index (χ1) is 9.73. The Bertz CT molecular complexity index is 753. The van der Waals surface area contributed by atoms with Crippen molar-refractivity contribution in [3.05, 3.63) is 29.8 Å². The van der Waals surface area contributed by atoms with E-state index in [2.05, 4.69) is 0 Å². The van der Waals surface area contributed by atoms with Crippen LogP contribution in [0.15, 0.2) is 29.2 Å². The molecule has 0 amide bonds. The van der Waals surface area contributed by atoms with E-state index < -0.39 is 35.9 Å². The van der Waals surface area contributed by atoms with Gasteiger partial charge in [0.05, 0.1) is 4.90 Å². The molecule has 1 N–H and O–H groups in total. The van der Waals surface area contributed by atoms with E-state index in [1.54, 1.807) is 6.07 Å². The van der Waals surface area contributed by atoms with Crippen molar-refractivity contribution in [3.8, 4) is 0 Å². The van der Waals surface area contributed by atoms with E-state index in [9.17, 15) is 30.0 Å². The molecular weight excluding hydrogens is 343 g/mol. The predicted molar refractivity (Wildman–Crippen MR) is 75.1 cm³/mol. The van der Waals surface area contributed by atoms with Crippen LogP contribution in [0.1, 0.15) is 32.8 Å². The molecule has 126 valence electrons. The van der Waals surface area contributed by atoms with Gasteiger partial charge in [-0.2, -0.15) is 13.2 Å². The molecule has 0 spiro atoms. The number of nitrogens with one attached hydrogen (secondary N) is 1. The van der Waals surface area contributed by atoms with Crippen LogP contribution in [0.2, 0.25) is 0 Å². The van der Waals surface area contributed by atoms with Crippen LogP contribution in [0.5, 0.6) is 0 Å². The maximum Gasteiger partial charge on any atom is 0.512 e. The number of alkyl halides is 3. The number of hydrogen-bond acceptors (Lipinski definition) is 4. The maximum atomic E-state index is 12.3. The molecule has 0 saturated carbocycles. The van der Waals surface area contributed by atoms with E-state index in [1.807, 2.05) is 20.8 Å². The number of benzene rings is 1. The summed E-state index contributed by atoms with van der Waals surface area (Å²) in [6, 6.07) is 5.17. The summed E-state index contributed by atoms with van der Waals surface area (Å²) < 4.78 is 83.2. The van der Waals surface area contributed by atoms with Crippen molar-refractivity contribution in [2.45, 2.75) is 43.0 Å². The standard InChI is InChI=1S/C12H16F3NO4S2/c1-4-11(2,3)9-6-5-7-10(8-9)21(17,18)16-22(19,20)12(13,14)15/h5-8,16H,4H2,1-3H3. The zero-order chi connectivity index (χ0) is 17.4. The monoisotopic (exact) mass is 359 g/mol. The normalized spacial score (nSPS) is 14.1. The summed E-state index contributed by atoms with van der Waals surface area (Å²) in [6.45, 7) is 5.53. The van der Waals surface area contributed by atoms with Gasteiger partial charge in [-0.15, -0.1) is 0 Å². The number of halogens is 3. The van der Waals surface area contributed by atoms with Gasteiger partial charge < -0.3 is 0 Å². The summed E-state index contributed by atoms with van der Waals surface area (Å²) in [4.78, 5) is -0.542. The lowest BCUT2D eigenvalue weighted by atomic mass is 9.82. The van der Waals surface area contributed by atoms with Crippen LogP contribution in [-0.4, -0.2) is 22.3 Å². The number of hydrogen-bond donors (Lipinski definition) is 1. The Morgan fingerprint density at radius 3 is 2.09 bits per heavy atom. The first kappa shape index (κ1) is 18.9. The minimum Gasteiger partial charge on any atom is -0.206 e. The van der Waals surface area contributed by atoms with Gasteiger partial charge in [-0.3, -0.25) is 0 Å². The highest BCUT2D eigenvalue weighted by Gasteiger charge is 2.48. The van der Waals surface area contributed by atoms with E-state index >= 15 is 0 Å². The van der Waals surface area contributed by atoms with Crippen LogP contribution in [0.4, 0.5) is 13.2 Å². The molecule has 1 aromatic carbocycles. The third kappa shape index (κ3) is 3.99. The van der Waals surface area contributed by atoms with Gasteiger partial charge in [-0.25, -0.2) is 16.8 Å². The van der Waals surface area contributed by atoms with Crippen molar-refractivity contribution < 1.29 is 30.0 Å². The van der Waals surface area contributed by atoms with Gasteiger partial charge in [0.2, 0.25) is 0 Å². The van der Waals surface area contributed by atoms with Gasteiger partial charge in [-0.05, 0) is 29.5 Å². The highest BCUT2D eigenvalue weighted by atomic mass is 32.3. The summed E-state index contributed by atoms with van der Waals surface area (Å²) in [6.07, 6.45) is 0.658. The molecule has 1 rings (SSSR count). The molecule has 0 bridgehead atoms. The minimum atomic E-state index is -6.00.